The fourth-order valence-electron chi connectivity index (χ4n) is 3.05. The standard InChI is InChI=1S/C22H42O2.C3H4O2/c1-2-3-4-5-6-7-8-9-10-11-12-13-14-15-16-17-18-19-20-21-22(23)24;1-2-3(4)5/h9-10H,2-8,11-21H2,1H3,(H,23,24);2H,1H2,(H,4,5)/b10-9-;. The van der Waals surface area contributed by atoms with E-state index in [1.165, 1.54) is 96.3 Å². The number of carboxylic acid groups (broad SMARTS) is 2. The predicted octanol–water partition coefficient (Wildman–Crippen LogP) is 7.93. The molecule has 170 valence electrons. The summed E-state index contributed by atoms with van der Waals surface area (Å²) in [5, 5.41) is 16.2. The average molecular weight is 411 g/mol. The van der Waals surface area contributed by atoms with Crippen molar-refractivity contribution in [3.63, 3.8) is 0 Å². The summed E-state index contributed by atoms with van der Waals surface area (Å²) >= 11 is 0. The Morgan fingerprint density at radius 1 is 0.655 bits per heavy atom. The van der Waals surface area contributed by atoms with Crippen LogP contribution in [0.2, 0.25) is 0 Å². The van der Waals surface area contributed by atoms with Gasteiger partial charge in [0.15, 0.2) is 0 Å². The summed E-state index contributed by atoms with van der Waals surface area (Å²) in [7, 11) is 0. The van der Waals surface area contributed by atoms with Crippen LogP contribution < -0.4 is 0 Å². The maximum Gasteiger partial charge on any atom is 0.327 e. The van der Waals surface area contributed by atoms with Crippen molar-refractivity contribution < 1.29 is 19.8 Å². The van der Waals surface area contributed by atoms with Crippen molar-refractivity contribution in [1.82, 2.24) is 0 Å². The van der Waals surface area contributed by atoms with Gasteiger partial charge in [-0.2, -0.15) is 0 Å². The Morgan fingerprint density at radius 3 is 1.34 bits per heavy atom. The Kier molecular flexibility index (Phi) is 27.0. The third kappa shape index (κ3) is 34.3. The van der Waals surface area contributed by atoms with Crippen molar-refractivity contribution in [3.05, 3.63) is 24.8 Å². The first-order chi connectivity index (χ1) is 14.0. The quantitative estimate of drug-likeness (QED) is 0.121. The second-order valence-corrected chi connectivity index (χ2v) is 7.68. The van der Waals surface area contributed by atoms with Crippen molar-refractivity contribution in [2.75, 3.05) is 0 Å². The van der Waals surface area contributed by atoms with Gasteiger partial charge in [0, 0.05) is 12.5 Å². The lowest BCUT2D eigenvalue weighted by Gasteiger charge is -2.01. The van der Waals surface area contributed by atoms with Gasteiger partial charge in [-0.3, -0.25) is 4.79 Å². The van der Waals surface area contributed by atoms with Crippen molar-refractivity contribution in [2.45, 2.75) is 122 Å². The first-order valence-electron chi connectivity index (χ1n) is 11.8. The molecule has 0 spiro atoms. The van der Waals surface area contributed by atoms with Crippen molar-refractivity contribution in [1.29, 1.82) is 0 Å². The van der Waals surface area contributed by atoms with E-state index in [1.807, 2.05) is 0 Å². The fourth-order valence-corrected chi connectivity index (χ4v) is 3.05. The van der Waals surface area contributed by atoms with Gasteiger partial charge in [0.25, 0.3) is 0 Å². The minimum atomic E-state index is -0.981. The molecule has 0 heterocycles. The number of aliphatic carboxylic acids is 2. The molecule has 0 radical (unpaired) electrons. The summed E-state index contributed by atoms with van der Waals surface area (Å²) in [5.74, 6) is -1.64. The van der Waals surface area contributed by atoms with E-state index in [2.05, 4.69) is 25.7 Å². The zero-order valence-corrected chi connectivity index (χ0v) is 18.9. The molecule has 0 unspecified atom stereocenters. The van der Waals surface area contributed by atoms with Crippen molar-refractivity contribution >= 4 is 11.9 Å². The molecule has 0 aromatic heterocycles. The molecule has 2 N–H and O–H groups in total. The minimum absolute atomic E-state index is 0.340. The average Bonchev–Trinajstić information content (AvgIpc) is 2.70. The van der Waals surface area contributed by atoms with Gasteiger partial charge in [-0.05, 0) is 32.1 Å². The number of unbranched alkanes of at least 4 members (excludes halogenated alkanes) is 15. The molecule has 0 aliphatic heterocycles. The molecule has 0 aromatic rings. The summed E-state index contributed by atoms with van der Waals surface area (Å²) in [6.07, 6.45) is 28.0. The third-order valence-electron chi connectivity index (χ3n) is 4.83. The molecule has 0 bridgehead atoms. The van der Waals surface area contributed by atoms with Crippen LogP contribution >= 0.6 is 0 Å². The molecular formula is C25H46O4. The maximum atomic E-state index is 10.4. The second-order valence-electron chi connectivity index (χ2n) is 7.68. The number of carboxylic acids is 2. The molecule has 0 rings (SSSR count). The number of rotatable bonds is 20. The minimum Gasteiger partial charge on any atom is -0.481 e. The Hall–Kier alpha value is -1.58. The van der Waals surface area contributed by atoms with Gasteiger partial charge < -0.3 is 10.2 Å². The van der Waals surface area contributed by atoms with Crippen LogP contribution in [-0.4, -0.2) is 22.2 Å². The van der Waals surface area contributed by atoms with E-state index >= 15 is 0 Å². The van der Waals surface area contributed by atoms with Crippen LogP contribution in [0.1, 0.15) is 122 Å². The molecule has 0 aliphatic carbocycles. The Balaban J connectivity index is 0. The van der Waals surface area contributed by atoms with E-state index in [0.717, 1.165) is 18.9 Å². The zero-order valence-electron chi connectivity index (χ0n) is 18.9. The highest BCUT2D eigenvalue weighted by molar-refractivity contribution is 5.78. The molecule has 0 atom stereocenters. The number of allylic oxidation sites excluding steroid dienone is 2. The first kappa shape index (κ1) is 29.6. The van der Waals surface area contributed by atoms with E-state index in [9.17, 15) is 9.59 Å². The molecule has 29 heavy (non-hydrogen) atoms. The summed E-state index contributed by atoms with van der Waals surface area (Å²) < 4.78 is 0. The third-order valence-corrected chi connectivity index (χ3v) is 4.83. The van der Waals surface area contributed by atoms with Crippen LogP contribution in [-0.2, 0) is 9.59 Å². The summed E-state index contributed by atoms with van der Waals surface area (Å²) in [6, 6.07) is 0. The normalized spacial score (nSPS) is 10.5. The largest absolute Gasteiger partial charge is 0.481 e. The molecule has 4 nitrogen and oxygen atoms in total. The van der Waals surface area contributed by atoms with Gasteiger partial charge in [-0.1, -0.05) is 103 Å². The van der Waals surface area contributed by atoms with Crippen molar-refractivity contribution in [2.24, 2.45) is 0 Å². The molecule has 0 aliphatic rings. The van der Waals surface area contributed by atoms with E-state index in [-0.39, 0.29) is 0 Å². The van der Waals surface area contributed by atoms with Crippen LogP contribution in [0.15, 0.2) is 24.8 Å². The van der Waals surface area contributed by atoms with E-state index in [0.29, 0.717) is 6.42 Å². The molecule has 0 fully saturated rings. The fraction of sp³-hybridized carbons (Fsp3) is 0.760. The zero-order chi connectivity index (χ0) is 22.0. The van der Waals surface area contributed by atoms with Crippen LogP contribution in [0.5, 0.6) is 0 Å². The van der Waals surface area contributed by atoms with Gasteiger partial charge in [0.2, 0.25) is 0 Å². The van der Waals surface area contributed by atoms with Crippen LogP contribution in [0.4, 0.5) is 0 Å². The van der Waals surface area contributed by atoms with Gasteiger partial charge in [0.1, 0.15) is 0 Å². The number of hydrogen-bond donors (Lipinski definition) is 2. The summed E-state index contributed by atoms with van der Waals surface area (Å²) in [5.41, 5.74) is 0. The van der Waals surface area contributed by atoms with Crippen LogP contribution in [0.25, 0.3) is 0 Å². The van der Waals surface area contributed by atoms with Gasteiger partial charge >= 0.3 is 11.9 Å². The van der Waals surface area contributed by atoms with Gasteiger partial charge in [-0.15, -0.1) is 0 Å². The number of hydrogen-bond acceptors (Lipinski definition) is 2. The maximum absolute atomic E-state index is 10.4. The Morgan fingerprint density at radius 2 is 1.00 bits per heavy atom. The van der Waals surface area contributed by atoms with E-state index in [1.54, 1.807) is 0 Å². The van der Waals surface area contributed by atoms with Crippen LogP contribution in [0.3, 0.4) is 0 Å². The lowest BCUT2D eigenvalue weighted by molar-refractivity contribution is -0.137. The van der Waals surface area contributed by atoms with E-state index < -0.39 is 11.9 Å². The Bertz CT molecular complexity index is 402. The summed E-state index contributed by atoms with van der Waals surface area (Å²) in [6.45, 7) is 5.23. The highest BCUT2D eigenvalue weighted by Crippen LogP contribution is 2.12. The molecule has 0 saturated carbocycles. The monoisotopic (exact) mass is 410 g/mol. The highest BCUT2D eigenvalue weighted by Gasteiger charge is 1.96. The van der Waals surface area contributed by atoms with E-state index in [4.69, 9.17) is 10.2 Å². The molecular weight excluding hydrogens is 364 g/mol. The molecule has 0 saturated heterocycles. The highest BCUT2D eigenvalue weighted by atomic mass is 16.4. The lowest BCUT2D eigenvalue weighted by atomic mass is 10.1. The smallest absolute Gasteiger partial charge is 0.327 e. The number of carbonyl (C=O) groups is 2. The lowest BCUT2D eigenvalue weighted by Crippen LogP contribution is -1.93. The van der Waals surface area contributed by atoms with Gasteiger partial charge in [0.05, 0.1) is 0 Å². The molecule has 0 amide bonds. The van der Waals surface area contributed by atoms with Gasteiger partial charge in [-0.25, -0.2) is 4.79 Å². The molecule has 4 heteroatoms. The topological polar surface area (TPSA) is 74.6 Å². The molecule has 0 aromatic carbocycles. The Labute approximate surface area is 179 Å². The summed E-state index contributed by atoms with van der Waals surface area (Å²) in [4.78, 5) is 19.6. The first-order valence-corrected chi connectivity index (χ1v) is 11.8. The van der Waals surface area contributed by atoms with Crippen LogP contribution in [0, 0.1) is 0 Å². The van der Waals surface area contributed by atoms with Crippen molar-refractivity contribution in [3.8, 4) is 0 Å². The SMILES string of the molecule is C=CC(=O)O.CCCCCCCC/C=C\CCCCCCCCCCCC(=O)O. The second kappa shape index (κ2) is 26.4. The predicted molar refractivity (Wildman–Crippen MR) is 123 cm³/mol.